The molecule has 1 saturated carbocycles. The molecule has 21 heavy (non-hydrogen) atoms. The molecule has 4 nitrogen and oxygen atoms in total. The summed E-state index contributed by atoms with van der Waals surface area (Å²) in [6.45, 7) is 11.5. The maximum absolute atomic E-state index is 5.46. The van der Waals surface area contributed by atoms with Crippen LogP contribution in [0.25, 0.3) is 0 Å². The minimum absolute atomic E-state index is 0.271. The van der Waals surface area contributed by atoms with E-state index in [9.17, 15) is 0 Å². The lowest BCUT2D eigenvalue weighted by atomic mass is 10.0. The Bertz CT molecular complexity index is 537. The van der Waals surface area contributed by atoms with Crippen molar-refractivity contribution in [3.8, 4) is 17.2 Å². The van der Waals surface area contributed by atoms with Gasteiger partial charge in [0.25, 0.3) is 0 Å². The van der Waals surface area contributed by atoms with Gasteiger partial charge >= 0.3 is 0 Å². The fourth-order valence-electron chi connectivity index (χ4n) is 3.49. The van der Waals surface area contributed by atoms with Crippen LogP contribution in [0.3, 0.4) is 0 Å². The number of benzene rings is 1. The van der Waals surface area contributed by atoms with E-state index in [0.717, 1.165) is 36.1 Å². The van der Waals surface area contributed by atoms with Crippen LogP contribution < -0.4 is 19.5 Å². The second-order valence-electron chi connectivity index (χ2n) is 7.16. The number of methoxy groups -OCH3 is 1. The molecule has 1 fully saturated rings. The average Bonchev–Trinajstić information content (AvgIpc) is 2.80. The number of fused-ring (bicyclic) bond motifs is 1. The van der Waals surface area contributed by atoms with Gasteiger partial charge in [-0.3, -0.25) is 0 Å². The minimum Gasteiger partial charge on any atom is -0.493 e. The van der Waals surface area contributed by atoms with Gasteiger partial charge in [0.05, 0.1) is 7.11 Å². The van der Waals surface area contributed by atoms with Gasteiger partial charge in [0.1, 0.15) is 0 Å². The van der Waals surface area contributed by atoms with E-state index >= 15 is 0 Å². The predicted molar refractivity (Wildman–Crippen MR) is 81.9 cm³/mol. The molecule has 0 bridgehead atoms. The second kappa shape index (κ2) is 4.80. The maximum Gasteiger partial charge on any atom is 0.231 e. The lowest BCUT2D eigenvalue weighted by Crippen LogP contribution is -2.18. The number of nitrogens with one attached hydrogen (secondary N) is 1. The van der Waals surface area contributed by atoms with Gasteiger partial charge in [0, 0.05) is 6.54 Å². The molecule has 0 aromatic heterocycles. The molecule has 0 saturated heterocycles. The Morgan fingerprint density at radius 2 is 1.90 bits per heavy atom. The van der Waals surface area contributed by atoms with E-state index in [2.05, 4.69) is 33.0 Å². The van der Waals surface area contributed by atoms with E-state index in [1.807, 2.05) is 12.1 Å². The van der Waals surface area contributed by atoms with Crippen molar-refractivity contribution in [2.75, 3.05) is 20.4 Å². The Balaban J connectivity index is 1.62. The lowest BCUT2D eigenvalue weighted by Gasteiger charge is -2.10. The fraction of sp³-hybridized carbons (Fsp3) is 0.647. The fourth-order valence-corrected chi connectivity index (χ4v) is 3.49. The molecule has 116 valence electrons. The summed E-state index contributed by atoms with van der Waals surface area (Å²) in [6, 6.07) is 4.05. The summed E-state index contributed by atoms with van der Waals surface area (Å²) in [5.74, 6) is 2.96. The SMILES string of the molecule is COc1cc(CNCC2C(C)(C)C2(C)C)cc2c1OCO2. The average molecular weight is 291 g/mol. The van der Waals surface area contributed by atoms with Crippen LogP contribution in [0.15, 0.2) is 12.1 Å². The molecule has 1 aliphatic heterocycles. The van der Waals surface area contributed by atoms with Crippen molar-refractivity contribution in [2.45, 2.75) is 34.2 Å². The summed E-state index contributed by atoms with van der Waals surface area (Å²) < 4.78 is 16.2. The van der Waals surface area contributed by atoms with Crippen LogP contribution in [0, 0.1) is 16.7 Å². The van der Waals surface area contributed by atoms with E-state index in [4.69, 9.17) is 14.2 Å². The van der Waals surface area contributed by atoms with Crippen molar-refractivity contribution < 1.29 is 14.2 Å². The Kier molecular flexibility index (Phi) is 3.32. The smallest absolute Gasteiger partial charge is 0.231 e. The van der Waals surface area contributed by atoms with Crippen molar-refractivity contribution in [1.82, 2.24) is 5.32 Å². The molecule has 0 radical (unpaired) electrons. The van der Waals surface area contributed by atoms with Gasteiger partial charge < -0.3 is 19.5 Å². The molecule has 0 amide bonds. The second-order valence-corrected chi connectivity index (χ2v) is 7.16. The first-order chi connectivity index (χ1) is 9.88. The highest BCUT2D eigenvalue weighted by molar-refractivity contribution is 5.55. The van der Waals surface area contributed by atoms with Crippen LogP contribution in [-0.4, -0.2) is 20.4 Å². The third kappa shape index (κ3) is 2.26. The minimum atomic E-state index is 0.271. The van der Waals surface area contributed by atoms with Crippen LogP contribution in [0.4, 0.5) is 0 Å². The van der Waals surface area contributed by atoms with Crippen molar-refractivity contribution in [1.29, 1.82) is 0 Å². The number of hydrogen-bond acceptors (Lipinski definition) is 4. The zero-order valence-corrected chi connectivity index (χ0v) is 13.6. The number of hydrogen-bond donors (Lipinski definition) is 1. The van der Waals surface area contributed by atoms with E-state index in [0.29, 0.717) is 16.6 Å². The quantitative estimate of drug-likeness (QED) is 0.904. The highest BCUT2D eigenvalue weighted by Crippen LogP contribution is 2.67. The largest absolute Gasteiger partial charge is 0.493 e. The van der Waals surface area contributed by atoms with Gasteiger partial charge in [0.2, 0.25) is 12.5 Å². The van der Waals surface area contributed by atoms with Crippen LogP contribution >= 0.6 is 0 Å². The van der Waals surface area contributed by atoms with Crippen molar-refractivity contribution >= 4 is 0 Å². The molecule has 1 aliphatic carbocycles. The third-order valence-electron chi connectivity index (χ3n) is 5.72. The topological polar surface area (TPSA) is 39.7 Å². The van der Waals surface area contributed by atoms with E-state index < -0.39 is 0 Å². The molecular weight excluding hydrogens is 266 g/mol. The molecule has 1 aromatic carbocycles. The Morgan fingerprint density at radius 1 is 1.19 bits per heavy atom. The Hall–Kier alpha value is -1.42. The first-order valence-electron chi connectivity index (χ1n) is 7.55. The first kappa shape index (κ1) is 14.5. The van der Waals surface area contributed by atoms with Gasteiger partial charge in [-0.15, -0.1) is 0 Å². The summed E-state index contributed by atoms with van der Waals surface area (Å²) in [5, 5.41) is 3.57. The highest BCUT2D eigenvalue weighted by atomic mass is 16.7. The van der Waals surface area contributed by atoms with Crippen molar-refractivity contribution in [3.05, 3.63) is 17.7 Å². The van der Waals surface area contributed by atoms with Gasteiger partial charge in [0.15, 0.2) is 11.5 Å². The van der Waals surface area contributed by atoms with Crippen LogP contribution in [0.2, 0.25) is 0 Å². The normalized spacial score (nSPS) is 21.4. The standard InChI is InChI=1S/C17H25NO3/c1-16(2)14(17(16,3)4)9-18-8-11-6-12(19-5)15-13(7-11)20-10-21-15/h6-7,14,18H,8-10H2,1-5H3. The highest BCUT2D eigenvalue weighted by Gasteiger charge is 2.63. The van der Waals surface area contributed by atoms with Crippen molar-refractivity contribution in [2.24, 2.45) is 16.7 Å². The zero-order chi connectivity index (χ0) is 15.3. The Morgan fingerprint density at radius 3 is 2.52 bits per heavy atom. The van der Waals surface area contributed by atoms with Gasteiger partial charge in [-0.05, 0) is 41.0 Å². The van der Waals surface area contributed by atoms with Crippen LogP contribution in [-0.2, 0) is 6.54 Å². The third-order valence-corrected chi connectivity index (χ3v) is 5.72. The number of ether oxygens (including phenoxy) is 3. The summed E-state index contributed by atoms with van der Waals surface area (Å²) in [6.07, 6.45) is 0. The van der Waals surface area contributed by atoms with E-state index in [-0.39, 0.29) is 6.79 Å². The first-order valence-corrected chi connectivity index (χ1v) is 7.55. The zero-order valence-electron chi connectivity index (χ0n) is 13.6. The molecule has 2 aliphatic rings. The predicted octanol–water partition coefficient (Wildman–Crippen LogP) is 3.20. The molecular formula is C17H25NO3. The van der Waals surface area contributed by atoms with Crippen molar-refractivity contribution in [3.63, 3.8) is 0 Å². The van der Waals surface area contributed by atoms with Gasteiger partial charge in [-0.1, -0.05) is 27.7 Å². The maximum atomic E-state index is 5.46. The van der Waals surface area contributed by atoms with Gasteiger partial charge in [-0.25, -0.2) is 0 Å². The monoisotopic (exact) mass is 291 g/mol. The van der Waals surface area contributed by atoms with Crippen LogP contribution in [0.1, 0.15) is 33.3 Å². The Labute approximate surface area is 126 Å². The molecule has 3 rings (SSSR count). The summed E-state index contributed by atoms with van der Waals surface area (Å²) in [4.78, 5) is 0. The molecule has 0 spiro atoms. The molecule has 4 heteroatoms. The molecule has 1 aromatic rings. The van der Waals surface area contributed by atoms with Crippen LogP contribution in [0.5, 0.6) is 17.2 Å². The number of rotatable bonds is 5. The lowest BCUT2D eigenvalue weighted by molar-refractivity contribution is 0.171. The van der Waals surface area contributed by atoms with E-state index in [1.54, 1.807) is 7.11 Å². The summed E-state index contributed by atoms with van der Waals surface area (Å²) >= 11 is 0. The molecule has 1 heterocycles. The molecule has 0 unspecified atom stereocenters. The molecule has 1 N–H and O–H groups in total. The summed E-state index contributed by atoms with van der Waals surface area (Å²) in [5.41, 5.74) is 2.01. The summed E-state index contributed by atoms with van der Waals surface area (Å²) in [7, 11) is 1.66. The van der Waals surface area contributed by atoms with E-state index in [1.165, 1.54) is 0 Å². The van der Waals surface area contributed by atoms with Gasteiger partial charge in [-0.2, -0.15) is 0 Å². The molecule has 0 atom stereocenters.